The topological polar surface area (TPSA) is 57.2 Å². The van der Waals surface area contributed by atoms with Crippen molar-refractivity contribution >= 4 is 31.7 Å². The van der Waals surface area contributed by atoms with Crippen LogP contribution >= 0.6 is 0 Å². The summed E-state index contributed by atoms with van der Waals surface area (Å²) in [5.74, 6) is 0. The molecule has 0 saturated heterocycles. The fourth-order valence-electron chi connectivity index (χ4n) is 2.24. The van der Waals surface area contributed by atoms with Crippen LogP contribution in [0.2, 0.25) is 0 Å². The number of fused-ring (bicyclic) bond motifs is 2. The van der Waals surface area contributed by atoms with Gasteiger partial charge in [-0.15, -0.1) is 0 Å². The molecule has 5 heteroatoms. The Bertz CT molecular complexity index is 803. The predicted molar refractivity (Wildman–Crippen MR) is 69.4 cm³/mol. The van der Waals surface area contributed by atoms with Gasteiger partial charge in [0.05, 0.1) is 4.90 Å². The van der Waals surface area contributed by atoms with Gasteiger partial charge in [-0.1, -0.05) is 48.5 Å². The molecule has 19 heavy (non-hydrogen) atoms. The molecule has 0 atom stereocenters. The first-order chi connectivity index (χ1) is 8.57. The van der Waals surface area contributed by atoms with Gasteiger partial charge in [0.2, 0.25) is 0 Å². The van der Waals surface area contributed by atoms with Crippen molar-refractivity contribution in [3.63, 3.8) is 0 Å². The molecule has 3 rings (SSSR count). The Hall–Kier alpha value is -0.910. The minimum atomic E-state index is -4.51. The summed E-state index contributed by atoms with van der Waals surface area (Å²) in [4.78, 5) is -0.129. The summed E-state index contributed by atoms with van der Waals surface area (Å²) >= 11 is 0. The molecule has 0 amide bonds. The van der Waals surface area contributed by atoms with Gasteiger partial charge in [-0.05, 0) is 27.6 Å². The van der Waals surface area contributed by atoms with Crippen molar-refractivity contribution in [1.82, 2.24) is 0 Å². The minimum Gasteiger partial charge on any atom is -0.744 e. The van der Waals surface area contributed by atoms with Crippen LogP contribution in [0.15, 0.2) is 59.5 Å². The first-order valence-corrected chi connectivity index (χ1v) is 6.84. The smallest absolute Gasteiger partial charge is 0.744 e. The van der Waals surface area contributed by atoms with Gasteiger partial charge in [0.15, 0.2) is 0 Å². The summed E-state index contributed by atoms with van der Waals surface area (Å²) in [6.45, 7) is 0. The van der Waals surface area contributed by atoms with E-state index < -0.39 is 10.1 Å². The Balaban J connectivity index is 0.00000133. The second-order valence-electron chi connectivity index (χ2n) is 4.10. The molecule has 3 aromatic carbocycles. The van der Waals surface area contributed by atoms with Crippen LogP contribution in [0, 0.1) is 0 Å². The van der Waals surface area contributed by atoms with Crippen LogP contribution in [0.1, 0.15) is 0 Å². The van der Waals surface area contributed by atoms with Crippen LogP contribution in [-0.4, -0.2) is 13.0 Å². The van der Waals surface area contributed by atoms with E-state index in [-0.39, 0.29) is 34.5 Å². The maximum absolute atomic E-state index is 11.5. The number of hydrogen-bond donors (Lipinski definition) is 0. The molecule has 0 aliphatic heterocycles. The standard InChI is InChI=1S/C14H10O3S.Na/c15-18(16,17)14-12-7-3-1-5-10(12)9-11-6-2-4-8-13(11)14;/h1-9H,(H,15,16,17);/q;+1/p-1. The molecule has 0 radical (unpaired) electrons. The molecule has 0 aromatic heterocycles. The summed E-state index contributed by atoms with van der Waals surface area (Å²) < 4.78 is 34.5. The van der Waals surface area contributed by atoms with Crippen LogP contribution in [0.5, 0.6) is 0 Å². The van der Waals surface area contributed by atoms with E-state index in [4.69, 9.17) is 0 Å². The van der Waals surface area contributed by atoms with Gasteiger partial charge in [0.25, 0.3) is 0 Å². The van der Waals surface area contributed by atoms with E-state index in [9.17, 15) is 13.0 Å². The van der Waals surface area contributed by atoms with Crippen molar-refractivity contribution in [2.75, 3.05) is 0 Å². The summed E-state index contributed by atoms with van der Waals surface area (Å²) in [5.41, 5.74) is 0. The van der Waals surface area contributed by atoms with Crippen LogP contribution in [0.4, 0.5) is 0 Å². The van der Waals surface area contributed by atoms with E-state index in [1.54, 1.807) is 36.4 Å². The Labute approximate surface area is 133 Å². The number of benzene rings is 3. The molecule has 3 nitrogen and oxygen atoms in total. The fraction of sp³-hybridized carbons (Fsp3) is 0. The third-order valence-corrected chi connectivity index (χ3v) is 3.91. The van der Waals surface area contributed by atoms with Gasteiger partial charge in [0, 0.05) is 0 Å². The van der Waals surface area contributed by atoms with Crippen molar-refractivity contribution < 1.29 is 42.5 Å². The SMILES string of the molecule is O=S(=O)([O-])c1c2ccccc2cc2ccccc12.[Na+]. The van der Waals surface area contributed by atoms with E-state index in [1.807, 2.05) is 18.2 Å². The average molecular weight is 280 g/mol. The molecule has 0 heterocycles. The van der Waals surface area contributed by atoms with E-state index in [0.717, 1.165) is 10.8 Å². The molecule has 0 spiro atoms. The quantitative estimate of drug-likeness (QED) is 0.355. The molecule has 3 aromatic rings. The third kappa shape index (κ3) is 2.55. The van der Waals surface area contributed by atoms with Crippen LogP contribution < -0.4 is 29.6 Å². The van der Waals surface area contributed by atoms with Gasteiger partial charge in [0.1, 0.15) is 10.1 Å². The van der Waals surface area contributed by atoms with E-state index in [2.05, 4.69) is 0 Å². The fourth-order valence-corrected chi connectivity index (χ4v) is 3.15. The van der Waals surface area contributed by atoms with E-state index >= 15 is 0 Å². The Morgan fingerprint density at radius 2 is 1.21 bits per heavy atom. The van der Waals surface area contributed by atoms with E-state index in [1.165, 1.54) is 0 Å². The van der Waals surface area contributed by atoms with Gasteiger partial charge in [-0.2, -0.15) is 0 Å². The molecular weight excluding hydrogens is 271 g/mol. The second-order valence-corrected chi connectivity index (χ2v) is 5.42. The molecule has 90 valence electrons. The Morgan fingerprint density at radius 3 is 1.63 bits per heavy atom. The molecule has 0 unspecified atom stereocenters. The van der Waals surface area contributed by atoms with Gasteiger partial charge in [-0.25, -0.2) is 8.42 Å². The van der Waals surface area contributed by atoms with Crippen molar-refractivity contribution in [3.8, 4) is 0 Å². The Morgan fingerprint density at radius 1 is 0.789 bits per heavy atom. The average Bonchev–Trinajstić information content (AvgIpc) is 2.34. The maximum Gasteiger partial charge on any atom is 1.00 e. The first kappa shape index (κ1) is 14.5. The normalized spacial score (nSPS) is 11.4. The summed E-state index contributed by atoms with van der Waals surface area (Å²) in [6, 6.07) is 15.9. The molecule has 0 bridgehead atoms. The van der Waals surface area contributed by atoms with Gasteiger partial charge >= 0.3 is 29.6 Å². The monoisotopic (exact) mass is 280 g/mol. The summed E-state index contributed by atoms with van der Waals surface area (Å²) in [7, 11) is -4.51. The molecule has 0 saturated carbocycles. The second kappa shape index (κ2) is 5.23. The molecule has 0 aliphatic rings. The zero-order chi connectivity index (χ0) is 12.8. The summed E-state index contributed by atoms with van der Waals surface area (Å²) in [5, 5.41) is 2.47. The van der Waals surface area contributed by atoms with Gasteiger partial charge in [-0.3, -0.25) is 0 Å². The van der Waals surface area contributed by atoms with E-state index in [0.29, 0.717) is 10.8 Å². The van der Waals surface area contributed by atoms with Crippen LogP contribution in [-0.2, 0) is 10.1 Å². The number of hydrogen-bond acceptors (Lipinski definition) is 3. The number of rotatable bonds is 1. The summed E-state index contributed by atoms with van der Waals surface area (Å²) in [6.07, 6.45) is 0. The van der Waals surface area contributed by atoms with Gasteiger partial charge < -0.3 is 4.55 Å². The predicted octanol–water partition coefficient (Wildman–Crippen LogP) is -0.0989. The van der Waals surface area contributed by atoms with Crippen molar-refractivity contribution in [2.45, 2.75) is 4.90 Å². The maximum atomic E-state index is 11.5. The molecular formula is C14H9NaO3S. The molecule has 0 N–H and O–H groups in total. The van der Waals surface area contributed by atoms with Crippen molar-refractivity contribution in [1.29, 1.82) is 0 Å². The third-order valence-electron chi connectivity index (χ3n) is 2.97. The zero-order valence-corrected chi connectivity index (χ0v) is 13.1. The molecule has 0 fully saturated rings. The van der Waals surface area contributed by atoms with Crippen LogP contribution in [0.3, 0.4) is 0 Å². The zero-order valence-electron chi connectivity index (χ0n) is 10.3. The van der Waals surface area contributed by atoms with Crippen molar-refractivity contribution in [2.24, 2.45) is 0 Å². The Kier molecular flexibility index (Phi) is 3.99. The molecule has 0 aliphatic carbocycles. The largest absolute Gasteiger partial charge is 1.00 e. The first-order valence-electron chi connectivity index (χ1n) is 5.44. The minimum absolute atomic E-state index is 0. The van der Waals surface area contributed by atoms with Crippen molar-refractivity contribution in [3.05, 3.63) is 54.6 Å². The van der Waals surface area contributed by atoms with Crippen LogP contribution in [0.25, 0.3) is 21.5 Å².